The summed E-state index contributed by atoms with van der Waals surface area (Å²) in [5.41, 5.74) is 7.25. The maximum atomic E-state index is 11.4. The molecule has 1 saturated heterocycles. The van der Waals surface area contributed by atoms with Gasteiger partial charge in [0.1, 0.15) is 5.82 Å². The molecule has 3 rings (SSSR count). The van der Waals surface area contributed by atoms with Crippen LogP contribution in [0, 0.1) is 0 Å². The average molecular weight is 281 g/mol. The first-order chi connectivity index (χ1) is 9.18. The van der Waals surface area contributed by atoms with Crippen LogP contribution in [-0.4, -0.2) is 32.1 Å². The molecule has 1 aromatic rings. The molecule has 3 heterocycles. The Bertz CT molecular complexity index is 494. The van der Waals surface area contributed by atoms with Crippen molar-refractivity contribution >= 4 is 17.7 Å². The van der Waals surface area contributed by atoms with E-state index >= 15 is 0 Å². The Morgan fingerprint density at radius 3 is 2.79 bits per heavy atom. The van der Waals surface area contributed by atoms with E-state index in [0.29, 0.717) is 5.92 Å². The second-order valence-electron chi connectivity index (χ2n) is 5.29. The number of hydrogen-bond acceptors (Lipinski definition) is 4. The molecule has 0 aliphatic carbocycles. The third-order valence-corrected chi connectivity index (χ3v) is 5.12. The van der Waals surface area contributed by atoms with Gasteiger partial charge in [-0.05, 0) is 43.6 Å². The fourth-order valence-electron chi connectivity index (χ4n) is 3.12. The third kappa shape index (κ3) is 2.27. The van der Waals surface area contributed by atoms with Crippen LogP contribution in [0.5, 0.6) is 0 Å². The molecular weight excluding hydrogens is 262 g/mol. The summed E-state index contributed by atoms with van der Waals surface area (Å²) in [6, 6.07) is 0. The average Bonchev–Trinajstić information content (AvgIpc) is 2.81. The van der Waals surface area contributed by atoms with E-state index in [0.717, 1.165) is 55.1 Å². The molecule has 1 fully saturated rings. The van der Waals surface area contributed by atoms with Gasteiger partial charge >= 0.3 is 5.97 Å². The van der Waals surface area contributed by atoms with Crippen molar-refractivity contribution in [3.8, 4) is 0 Å². The Kier molecular flexibility index (Phi) is 3.54. The molecule has 5 nitrogen and oxygen atoms in total. The first-order valence-corrected chi connectivity index (χ1v) is 8.01. The maximum Gasteiger partial charge on any atom is 0.356 e. The zero-order valence-corrected chi connectivity index (χ0v) is 11.7. The van der Waals surface area contributed by atoms with Gasteiger partial charge in [-0.2, -0.15) is 11.8 Å². The number of rotatable bonds is 2. The minimum absolute atomic E-state index is 0.103. The highest BCUT2D eigenvalue weighted by atomic mass is 32.2. The number of thioether (sulfide) groups is 1. The van der Waals surface area contributed by atoms with Gasteiger partial charge in [-0.3, -0.25) is 0 Å². The summed E-state index contributed by atoms with van der Waals surface area (Å²) < 4.78 is 2.02. The molecule has 1 unspecified atom stereocenters. The van der Waals surface area contributed by atoms with Gasteiger partial charge in [0, 0.05) is 5.92 Å². The quantitative estimate of drug-likeness (QED) is 0.866. The Hall–Kier alpha value is -1.01. The van der Waals surface area contributed by atoms with Crippen LogP contribution in [0.1, 0.15) is 59.8 Å². The zero-order chi connectivity index (χ0) is 13.4. The lowest BCUT2D eigenvalue weighted by Crippen LogP contribution is -2.28. The van der Waals surface area contributed by atoms with Gasteiger partial charge in [-0.1, -0.05) is 0 Å². The highest BCUT2D eigenvalue weighted by Gasteiger charge is 2.31. The van der Waals surface area contributed by atoms with Crippen LogP contribution in [0.4, 0.5) is 0 Å². The smallest absolute Gasteiger partial charge is 0.356 e. The number of carboxylic acids is 1. The highest BCUT2D eigenvalue weighted by molar-refractivity contribution is 7.99. The number of nitrogens with two attached hydrogens (primary N) is 1. The topological polar surface area (TPSA) is 81.1 Å². The molecule has 0 bridgehead atoms. The number of nitrogens with zero attached hydrogens (tertiary/aromatic N) is 2. The molecule has 19 heavy (non-hydrogen) atoms. The molecule has 0 amide bonds. The summed E-state index contributed by atoms with van der Waals surface area (Å²) in [6.07, 6.45) is 4.70. The third-order valence-electron chi connectivity index (χ3n) is 4.07. The first kappa shape index (κ1) is 13.0. The van der Waals surface area contributed by atoms with Gasteiger partial charge in [0.05, 0.1) is 11.9 Å². The Balaban J connectivity index is 2.05. The molecule has 6 heteroatoms. The van der Waals surface area contributed by atoms with Crippen LogP contribution < -0.4 is 5.73 Å². The van der Waals surface area contributed by atoms with E-state index < -0.39 is 5.97 Å². The van der Waals surface area contributed by atoms with Crippen LogP contribution in [-0.2, 0) is 6.42 Å². The SMILES string of the molecule is NC1CCCc2c(C(=O)O)nc(C3CCSCC3)n21. The van der Waals surface area contributed by atoms with Gasteiger partial charge in [-0.15, -0.1) is 0 Å². The molecule has 2 aliphatic heterocycles. The minimum atomic E-state index is -0.922. The van der Waals surface area contributed by atoms with Crippen molar-refractivity contribution < 1.29 is 9.90 Å². The van der Waals surface area contributed by atoms with Crippen LogP contribution >= 0.6 is 11.8 Å². The monoisotopic (exact) mass is 281 g/mol. The highest BCUT2D eigenvalue weighted by Crippen LogP contribution is 2.35. The van der Waals surface area contributed by atoms with Crippen LogP contribution in [0.2, 0.25) is 0 Å². The number of imidazole rings is 1. The number of carboxylic acid groups (broad SMARTS) is 1. The van der Waals surface area contributed by atoms with Crippen molar-refractivity contribution in [1.82, 2.24) is 9.55 Å². The van der Waals surface area contributed by atoms with E-state index in [4.69, 9.17) is 5.73 Å². The summed E-state index contributed by atoms with van der Waals surface area (Å²) in [4.78, 5) is 15.8. The molecule has 0 radical (unpaired) electrons. The number of fused-ring (bicyclic) bond motifs is 1. The second kappa shape index (κ2) is 5.17. The summed E-state index contributed by atoms with van der Waals surface area (Å²) >= 11 is 1.96. The summed E-state index contributed by atoms with van der Waals surface area (Å²) in [7, 11) is 0. The lowest BCUT2D eigenvalue weighted by molar-refractivity contribution is 0.0689. The van der Waals surface area contributed by atoms with E-state index in [9.17, 15) is 9.90 Å². The van der Waals surface area contributed by atoms with Crippen molar-refractivity contribution in [2.24, 2.45) is 5.73 Å². The lowest BCUT2D eigenvalue weighted by Gasteiger charge is -2.28. The van der Waals surface area contributed by atoms with E-state index in [1.54, 1.807) is 0 Å². The second-order valence-corrected chi connectivity index (χ2v) is 6.51. The normalized spacial score (nSPS) is 24.2. The van der Waals surface area contributed by atoms with Gasteiger partial charge in [0.2, 0.25) is 0 Å². The number of aromatic carboxylic acids is 1. The molecule has 104 valence electrons. The number of hydrogen-bond donors (Lipinski definition) is 2. The Morgan fingerprint density at radius 2 is 2.11 bits per heavy atom. The molecule has 2 aliphatic rings. The molecule has 0 aromatic carbocycles. The number of carbonyl (C=O) groups is 1. The van der Waals surface area contributed by atoms with Gasteiger partial charge in [-0.25, -0.2) is 9.78 Å². The fraction of sp³-hybridized carbons (Fsp3) is 0.692. The molecule has 1 atom stereocenters. The van der Waals surface area contributed by atoms with Crippen molar-refractivity contribution in [1.29, 1.82) is 0 Å². The van der Waals surface area contributed by atoms with Gasteiger partial charge in [0.25, 0.3) is 0 Å². The zero-order valence-electron chi connectivity index (χ0n) is 10.8. The van der Waals surface area contributed by atoms with Crippen LogP contribution in [0.15, 0.2) is 0 Å². The minimum Gasteiger partial charge on any atom is -0.476 e. The van der Waals surface area contributed by atoms with E-state index in [1.165, 1.54) is 0 Å². The summed E-state index contributed by atoms with van der Waals surface area (Å²) in [6.45, 7) is 0. The largest absolute Gasteiger partial charge is 0.476 e. The molecule has 0 spiro atoms. The summed E-state index contributed by atoms with van der Waals surface area (Å²) in [5.74, 6) is 2.63. The molecule has 1 aromatic heterocycles. The Labute approximate surface area is 116 Å². The van der Waals surface area contributed by atoms with Crippen LogP contribution in [0.25, 0.3) is 0 Å². The Morgan fingerprint density at radius 1 is 1.37 bits per heavy atom. The maximum absolute atomic E-state index is 11.4. The number of aromatic nitrogens is 2. The van der Waals surface area contributed by atoms with Crippen LogP contribution in [0.3, 0.4) is 0 Å². The predicted molar refractivity (Wildman–Crippen MR) is 74.6 cm³/mol. The predicted octanol–water partition coefficient (Wildman–Crippen LogP) is 1.99. The van der Waals surface area contributed by atoms with Crippen molar-refractivity contribution in [2.75, 3.05) is 11.5 Å². The van der Waals surface area contributed by atoms with Gasteiger partial charge < -0.3 is 15.4 Å². The standard InChI is InChI=1S/C13H19N3O2S/c14-10-3-1-2-9-11(13(17)18)15-12(16(9)10)8-4-6-19-7-5-8/h8,10H,1-7,14H2,(H,17,18). The lowest BCUT2D eigenvalue weighted by atomic mass is 10.0. The van der Waals surface area contributed by atoms with E-state index in [1.807, 2.05) is 16.3 Å². The van der Waals surface area contributed by atoms with E-state index in [-0.39, 0.29) is 11.9 Å². The fourth-order valence-corrected chi connectivity index (χ4v) is 4.22. The summed E-state index contributed by atoms with van der Waals surface area (Å²) in [5, 5.41) is 9.32. The molecule has 3 N–H and O–H groups in total. The van der Waals surface area contributed by atoms with Gasteiger partial charge in [0.15, 0.2) is 5.69 Å². The van der Waals surface area contributed by atoms with Crippen molar-refractivity contribution in [3.63, 3.8) is 0 Å². The molecular formula is C13H19N3O2S. The molecule has 0 saturated carbocycles. The van der Waals surface area contributed by atoms with Crippen molar-refractivity contribution in [2.45, 2.75) is 44.2 Å². The van der Waals surface area contributed by atoms with E-state index in [2.05, 4.69) is 4.98 Å². The first-order valence-electron chi connectivity index (χ1n) is 6.86. The van der Waals surface area contributed by atoms with Crippen molar-refractivity contribution in [3.05, 3.63) is 17.2 Å².